The van der Waals surface area contributed by atoms with Crippen LogP contribution in [-0.4, -0.2) is 21.6 Å². The maximum absolute atomic E-state index is 11.7. The van der Waals surface area contributed by atoms with Crippen molar-refractivity contribution in [3.63, 3.8) is 0 Å². The van der Waals surface area contributed by atoms with Crippen LogP contribution in [-0.2, 0) is 17.9 Å². The highest BCUT2D eigenvalue weighted by molar-refractivity contribution is 7.11. The van der Waals surface area contributed by atoms with Gasteiger partial charge in [-0.1, -0.05) is 11.3 Å². The zero-order valence-electron chi connectivity index (χ0n) is 10.6. The summed E-state index contributed by atoms with van der Waals surface area (Å²) in [4.78, 5) is 33.8. The van der Waals surface area contributed by atoms with Crippen LogP contribution in [0.25, 0.3) is 0 Å². The molecule has 2 aromatic heterocycles. The Morgan fingerprint density at radius 1 is 1.50 bits per heavy atom. The first-order chi connectivity index (χ1) is 9.49. The third kappa shape index (κ3) is 2.97. The minimum atomic E-state index is -1.17. The number of furan rings is 1. The van der Waals surface area contributed by atoms with Gasteiger partial charge >= 0.3 is 10.8 Å². The third-order valence-electron chi connectivity index (χ3n) is 2.68. The van der Waals surface area contributed by atoms with Gasteiger partial charge in [0, 0.05) is 5.69 Å². The van der Waals surface area contributed by atoms with Gasteiger partial charge in [-0.05, 0) is 19.1 Å². The first kappa shape index (κ1) is 14.1. The Balaban J connectivity index is 2.04. The van der Waals surface area contributed by atoms with Gasteiger partial charge in [-0.15, -0.1) is 0 Å². The molecule has 2 aromatic rings. The SMILES string of the molecule is Cc1c(C(=O)O)sc(=O)n1CC(=O)NCc1ccco1. The summed E-state index contributed by atoms with van der Waals surface area (Å²) in [7, 11) is 0. The van der Waals surface area contributed by atoms with Crippen LogP contribution < -0.4 is 10.2 Å². The van der Waals surface area contributed by atoms with Gasteiger partial charge < -0.3 is 14.8 Å². The zero-order chi connectivity index (χ0) is 14.7. The Hall–Kier alpha value is -2.35. The Bertz CT molecular complexity index is 683. The number of carboxylic acids is 1. The summed E-state index contributed by atoms with van der Waals surface area (Å²) in [5.41, 5.74) is 0.278. The molecule has 1 amide bonds. The second-order valence-electron chi connectivity index (χ2n) is 4.03. The molecule has 106 valence electrons. The molecule has 0 aromatic carbocycles. The molecule has 0 saturated carbocycles. The summed E-state index contributed by atoms with van der Waals surface area (Å²) in [6.45, 7) is 1.51. The highest BCUT2D eigenvalue weighted by Crippen LogP contribution is 2.11. The molecule has 0 radical (unpaired) electrons. The maximum Gasteiger partial charge on any atom is 0.347 e. The summed E-state index contributed by atoms with van der Waals surface area (Å²) in [6.07, 6.45) is 1.49. The predicted octanol–water partition coefficient (Wildman–Crippen LogP) is 0.826. The highest BCUT2D eigenvalue weighted by atomic mass is 32.1. The summed E-state index contributed by atoms with van der Waals surface area (Å²) < 4.78 is 6.20. The number of nitrogens with zero attached hydrogens (tertiary/aromatic N) is 1. The molecule has 0 bridgehead atoms. The van der Waals surface area contributed by atoms with Gasteiger partial charge in [-0.25, -0.2) is 4.79 Å². The monoisotopic (exact) mass is 296 g/mol. The lowest BCUT2D eigenvalue weighted by molar-refractivity contribution is -0.122. The molecule has 0 saturated heterocycles. The number of aromatic nitrogens is 1. The van der Waals surface area contributed by atoms with Gasteiger partial charge in [0.15, 0.2) is 0 Å². The molecular formula is C12H12N2O5S. The van der Waals surface area contributed by atoms with Crippen LogP contribution in [0.15, 0.2) is 27.6 Å². The van der Waals surface area contributed by atoms with E-state index < -0.39 is 10.8 Å². The van der Waals surface area contributed by atoms with Crippen LogP contribution in [0.1, 0.15) is 21.1 Å². The van der Waals surface area contributed by atoms with Crippen molar-refractivity contribution in [1.29, 1.82) is 0 Å². The first-order valence-corrected chi connectivity index (χ1v) is 6.53. The maximum atomic E-state index is 11.7. The van der Waals surface area contributed by atoms with Gasteiger partial charge in [0.1, 0.15) is 17.2 Å². The van der Waals surface area contributed by atoms with E-state index in [-0.39, 0.29) is 29.6 Å². The zero-order valence-corrected chi connectivity index (χ0v) is 11.4. The lowest BCUT2D eigenvalue weighted by atomic mass is 10.3. The van der Waals surface area contributed by atoms with Gasteiger partial charge in [0.05, 0.1) is 12.8 Å². The molecule has 0 spiro atoms. The van der Waals surface area contributed by atoms with Crippen LogP contribution in [0.3, 0.4) is 0 Å². The summed E-state index contributed by atoms with van der Waals surface area (Å²) >= 11 is 0.616. The number of carboxylic acid groups (broad SMARTS) is 1. The fourth-order valence-corrected chi connectivity index (χ4v) is 2.49. The summed E-state index contributed by atoms with van der Waals surface area (Å²) in [6, 6.07) is 3.42. The third-order valence-corrected chi connectivity index (χ3v) is 3.75. The molecule has 0 aliphatic carbocycles. The van der Waals surface area contributed by atoms with E-state index in [0.29, 0.717) is 17.1 Å². The second kappa shape index (κ2) is 5.74. The molecule has 20 heavy (non-hydrogen) atoms. The number of aromatic carboxylic acids is 1. The molecule has 2 N–H and O–H groups in total. The van der Waals surface area contributed by atoms with E-state index in [1.54, 1.807) is 12.1 Å². The molecule has 7 nitrogen and oxygen atoms in total. The quantitative estimate of drug-likeness (QED) is 0.850. The van der Waals surface area contributed by atoms with Gasteiger partial charge in [0.25, 0.3) is 0 Å². The largest absolute Gasteiger partial charge is 0.477 e. The highest BCUT2D eigenvalue weighted by Gasteiger charge is 2.18. The first-order valence-electron chi connectivity index (χ1n) is 5.71. The van der Waals surface area contributed by atoms with Gasteiger partial charge in [0.2, 0.25) is 5.91 Å². The number of carbonyl (C=O) groups is 2. The van der Waals surface area contributed by atoms with E-state index in [9.17, 15) is 14.4 Å². The van der Waals surface area contributed by atoms with E-state index in [0.717, 1.165) is 4.57 Å². The predicted molar refractivity (Wildman–Crippen MR) is 70.8 cm³/mol. The standard InChI is InChI=1S/C12H12N2O5S/c1-7-10(11(16)17)20-12(18)14(7)6-9(15)13-5-8-3-2-4-19-8/h2-4H,5-6H2,1H3,(H,13,15)(H,16,17). The molecule has 8 heteroatoms. The van der Waals surface area contributed by atoms with E-state index in [2.05, 4.69) is 5.32 Å². The minimum absolute atomic E-state index is 0.0474. The Morgan fingerprint density at radius 2 is 2.25 bits per heavy atom. The number of hydrogen-bond acceptors (Lipinski definition) is 5. The lowest BCUT2D eigenvalue weighted by Gasteiger charge is -2.05. The van der Waals surface area contributed by atoms with E-state index in [1.807, 2.05) is 0 Å². The molecule has 0 unspecified atom stereocenters. The smallest absolute Gasteiger partial charge is 0.347 e. The second-order valence-corrected chi connectivity index (χ2v) is 4.99. The molecule has 2 rings (SSSR count). The van der Waals surface area contributed by atoms with Gasteiger partial charge in [-0.3, -0.25) is 14.2 Å². The summed E-state index contributed by atoms with van der Waals surface area (Å²) in [5, 5.41) is 11.5. The van der Waals surface area contributed by atoms with Gasteiger partial charge in [-0.2, -0.15) is 0 Å². The molecule has 0 atom stereocenters. The Kier molecular flexibility index (Phi) is 4.04. The van der Waals surface area contributed by atoms with Crippen molar-refractivity contribution in [3.05, 3.63) is 44.4 Å². The molecular weight excluding hydrogens is 284 g/mol. The van der Waals surface area contributed by atoms with Crippen LogP contribution in [0.2, 0.25) is 0 Å². The average Bonchev–Trinajstić information content (AvgIpc) is 2.99. The van der Waals surface area contributed by atoms with E-state index >= 15 is 0 Å². The van der Waals surface area contributed by atoms with Crippen molar-refractivity contribution in [1.82, 2.24) is 9.88 Å². The van der Waals surface area contributed by atoms with Crippen molar-refractivity contribution in [2.45, 2.75) is 20.0 Å². The minimum Gasteiger partial charge on any atom is -0.477 e. The van der Waals surface area contributed by atoms with Crippen LogP contribution in [0.5, 0.6) is 0 Å². The Labute approximate surface area is 117 Å². The number of hydrogen-bond donors (Lipinski definition) is 2. The molecule has 0 aliphatic heterocycles. The van der Waals surface area contributed by atoms with Crippen molar-refractivity contribution in [2.75, 3.05) is 0 Å². The average molecular weight is 296 g/mol. The van der Waals surface area contributed by atoms with Crippen molar-refractivity contribution in [2.24, 2.45) is 0 Å². The fraction of sp³-hybridized carbons (Fsp3) is 0.250. The lowest BCUT2D eigenvalue weighted by Crippen LogP contribution is -2.30. The Morgan fingerprint density at radius 3 is 2.80 bits per heavy atom. The van der Waals surface area contributed by atoms with Crippen LogP contribution in [0.4, 0.5) is 0 Å². The number of thiazole rings is 1. The van der Waals surface area contributed by atoms with E-state index in [4.69, 9.17) is 9.52 Å². The topological polar surface area (TPSA) is 102 Å². The van der Waals surface area contributed by atoms with Crippen LogP contribution in [0, 0.1) is 6.92 Å². The molecule has 0 fully saturated rings. The number of nitrogens with one attached hydrogen (secondary N) is 1. The number of carbonyl (C=O) groups excluding carboxylic acids is 1. The normalized spacial score (nSPS) is 10.4. The van der Waals surface area contributed by atoms with Crippen molar-refractivity contribution < 1.29 is 19.1 Å². The molecule has 0 aliphatic rings. The fourth-order valence-electron chi connectivity index (χ4n) is 1.66. The summed E-state index contributed by atoms with van der Waals surface area (Å²) in [5.74, 6) is -0.959. The number of amides is 1. The molecule has 2 heterocycles. The van der Waals surface area contributed by atoms with Crippen molar-refractivity contribution in [3.8, 4) is 0 Å². The van der Waals surface area contributed by atoms with E-state index in [1.165, 1.54) is 13.2 Å². The van der Waals surface area contributed by atoms with Crippen LogP contribution >= 0.6 is 11.3 Å². The number of rotatable bonds is 5. The van der Waals surface area contributed by atoms with Crippen molar-refractivity contribution >= 4 is 23.2 Å².